The standard InChI is InChI=1S/C13H15NO3/c1-16-13(17-2)9-14-8-7-12(15)10-5-3-4-6-11(10)14/h3-8,13H,9H2,1-2H3. The van der Waals surface area contributed by atoms with Crippen molar-refractivity contribution in [1.29, 1.82) is 0 Å². The minimum absolute atomic E-state index is 0.0308. The molecule has 0 fully saturated rings. The molecule has 0 atom stereocenters. The van der Waals surface area contributed by atoms with Gasteiger partial charge in [-0.2, -0.15) is 0 Å². The van der Waals surface area contributed by atoms with Crippen LogP contribution in [-0.4, -0.2) is 25.1 Å². The quantitative estimate of drug-likeness (QED) is 0.753. The lowest BCUT2D eigenvalue weighted by Crippen LogP contribution is -2.21. The molecule has 0 amide bonds. The van der Waals surface area contributed by atoms with Gasteiger partial charge in [-0.25, -0.2) is 0 Å². The number of hydrogen-bond acceptors (Lipinski definition) is 3. The summed E-state index contributed by atoms with van der Waals surface area (Å²) in [5, 5.41) is 0.709. The van der Waals surface area contributed by atoms with Crippen LogP contribution in [0.3, 0.4) is 0 Å². The van der Waals surface area contributed by atoms with E-state index in [2.05, 4.69) is 0 Å². The van der Waals surface area contributed by atoms with E-state index in [-0.39, 0.29) is 11.7 Å². The van der Waals surface area contributed by atoms with E-state index in [1.54, 1.807) is 26.5 Å². The van der Waals surface area contributed by atoms with Gasteiger partial charge >= 0.3 is 0 Å². The minimum Gasteiger partial charge on any atom is -0.354 e. The third-order valence-electron chi connectivity index (χ3n) is 2.76. The van der Waals surface area contributed by atoms with Gasteiger partial charge in [0.05, 0.1) is 12.1 Å². The second kappa shape index (κ2) is 5.12. The fraction of sp³-hybridized carbons (Fsp3) is 0.308. The molecule has 0 bridgehead atoms. The maximum absolute atomic E-state index is 11.7. The number of benzene rings is 1. The van der Waals surface area contributed by atoms with Crippen molar-refractivity contribution in [1.82, 2.24) is 4.57 Å². The first-order valence-corrected chi connectivity index (χ1v) is 5.40. The molecule has 1 aromatic heterocycles. The van der Waals surface area contributed by atoms with Gasteiger partial charge in [0, 0.05) is 31.9 Å². The number of hydrogen-bond donors (Lipinski definition) is 0. The Hall–Kier alpha value is -1.65. The first kappa shape index (κ1) is 11.8. The average Bonchev–Trinajstić information content (AvgIpc) is 2.38. The number of rotatable bonds is 4. The second-order valence-electron chi connectivity index (χ2n) is 3.75. The first-order chi connectivity index (χ1) is 8.26. The predicted molar refractivity (Wildman–Crippen MR) is 66.0 cm³/mol. The first-order valence-electron chi connectivity index (χ1n) is 5.40. The fourth-order valence-electron chi connectivity index (χ4n) is 1.83. The van der Waals surface area contributed by atoms with Crippen molar-refractivity contribution < 1.29 is 9.47 Å². The Morgan fingerprint density at radius 1 is 1.18 bits per heavy atom. The summed E-state index contributed by atoms with van der Waals surface area (Å²) in [6, 6.07) is 9.07. The molecule has 17 heavy (non-hydrogen) atoms. The van der Waals surface area contributed by atoms with Gasteiger partial charge in [-0.3, -0.25) is 4.79 Å². The van der Waals surface area contributed by atoms with E-state index in [0.717, 1.165) is 5.52 Å². The van der Waals surface area contributed by atoms with Gasteiger partial charge in [0.15, 0.2) is 11.7 Å². The minimum atomic E-state index is -0.319. The molecule has 0 saturated carbocycles. The highest BCUT2D eigenvalue weighted by Crippen LogP contribution is 2.10. The van der Waals surface area contributed by atoms with E-state index < -0.39 is 0 Å². The molecule has 0 saturated heterocycles. The molecule has 90 valence electrons. The van der Waals surface area contributed by atoms with Gasteiger partial charge in [0.2, 0.25) is 0 Å². The Morgan fingerprint density at radius 2 is 1.88 bits per heavy atom. The van der Waals surface area contributed by atoms with E-state index in [1.807, 2.05) is 28.8 Å². The predicted octanol–water partition coefficient (Wildman–Crippen LogP) is 1.62. The summed E-state index contributed by atoms with van der Waals surface area (Å²) in [6.45, 7) is 0.549. The van der Waals surface area contributed by atoms with E-state index in [4.69, 9.17) is 9.47 Å². The lowest BCUT2D eigenvalue weighted by molar-refractivity contribution is -0.110. The molecule has 4 heteroatoms. The largest absolute Gasteiger partial charge is 0.354 e. The summed E-state index contributed by atoms with van der Waals surface area (Å²) >= 11 is 0. The summed E-state index contributed by atoms with van der Waals surface area (Å²) in [5.41, 5.74) is 0.919. The van der Waals surface area contributed by atoms with E-state index in [1.165, 1.54) is 0 Å². The van der Waals surface area contributed by atoms with Crippen LogP contribution in [0.5, 0.6) is 0 Å². The van der Waals surface area contributed by atoms with Crippen LogP contribution in [0.25, 0.3) is 10.9 Å². The topological polar surface area (TPSA) is 40.5 Å². The molecule has 0 aliphatic heterocycles. The molecule has 0 aliphatic carbocycles. The summed E-state index contributed by atoms with van der Waals surface area (Å²) < 4.78 is 12.3. The molecular formula is C13H15NO3. The van der Waals surface area contributed by atoms with Crippen LogP contribution in [0.2, 0.25) is 0 Å². The lowest BCUT2D eigenvalue weighted by Gasteiger charge is -2.17. The van der Waals surface area contributed by atoms with Gasteiger partial charge in [0.25, 0.3) is 0 Å². The van der Waals surface area contributed by atoms with Gasteiger partial charge in [0.1, 0.15) is 0 Å². The number of fused-ring (bicyclic) bond motifs is 1. The molecule has 0 aliphatic rings. The number of methoxy groups -OCH3 is 2. The van der Waals surface area contributed by atoms with E-state index >= 15 is 0 Å². The Labute approximate surface area is 99.4 Å². The van der Waals surface area contributed by atoms with Crippen LogP contribution in [0, 0.1) is 0 Å². The molecule has 0 unspecified atom stereocenters. The van der Waals surface area contributed by atoms with Gasteiger partial charge < -0.3 is 14.0 Å². The van der Waals surface area contributed by atoms with Crippen LogP contribution in [0.15, 0.2) is 41.3 Å². The number of nitrogens with zero attached hydrogens (tertiary/aromatic N) is 1. The van der Waals surface area contributed by atoms with Crippen molar-refractivity contribution >= 4 is 10.9 Å². The fourth-order valence-corrected chi connectivity index (χ4v) is 1.83. The number of pyridine rings is 1. The maximum Gasteiger partial charge on any atom is 0.189 e. The van der Waals surface area contributed by atoms with Crippen molar-refractivity contribution in [2.75, 3.05) is 14.2 Å². The highest BCUT2D eigenvalue weighted by Gasteiger charge is 2.08. The van der Waals surface area contributed by atoms with Gasteiger partial charge in [-0.1, -0.05) is 12.1 Å². The molecule has 0 N–H and O–H groups in total. The number of aromatic nitrogens is 1. The Balaban J connectivity index is 2.48. The van der Waals surface area contributed by atoms with Crippen molar-refractivity contribution in [3.8, 4) is 0 Å². The van der Waals surface area contributed by atoms with E-state index in [0.29, 0.717) is 11.9 Å². The molecule has 2 rings (SSSR count). The highest BCUT2D eigenvalue weighted by atomic mass is 16.7. The van der Waals surface area contributed by atoms with Crippen LogP contribution in [0.1, 0.15) is 0 Å². The Kier molecular flexibility index (Phi) is 3.56. The SMILES string of the molecule is COC(Cn1ccc(=O)c2ccccc21)OC. The molecule has 1 aromatic carbocycles. The molecule has 0 radical (unpaired) electrons. The Bertz CT molecular complexity index is 558. The van der Waals surface area contributed by atoms with E-state index in [9.17, 15) is 4.79 Å². The van der Waals surface area contributed by atoms with Crippen molar-refractivity contribution in [3.63, 3.8) is 0 Å². The van der Waals surface area contributed by atoms with Crippen LogP contribution < -0.4 is 5.43 Å². The maximum atomic E-state index is 11.7. The molecule has 4 nitrogen and oxygen atoms in total. The number of para-hydroxylation sites is 1. The zero-order chi connectivity index (χ0) is 12.3. The van der Waals surface area contributed by atoms with Crippen LogP contribution in [0.4, 0.5) is 0 Å². The molecule has 0 spiro atoms. The lowest BCUT2D eigenvalue weighted by atomic mass is 10.2. The zero-order valence-corrected chi connectivity index (χ0v) is 9.92. The highest BCUT2D eigenvalue weighted by molar-refractivity contribution is 5.78. The van der Waals surface area contributed by atoms with Crippen molar-refractivity contribution in [2.24, 2.45) is 0 Å². The monoisotopic (exact) mass is 233 g/mol. The second-order valence-corrected chi connectivity index (χ2v) is 3.75. The van der Waals surface area contributed by atoms with Gasteiger partial charge in [-0.05, 0) is 12.1 Å². The Morgan fingerprint density at radius 3 is 2.59 bits per heavy atom. The molecule has 1 heterocycles. The molecule has 2 aromatic rings. The molecular weight excluding hydrogens is 218 g/mol. The summed E-state index contributed by atoms with van der Waals surface area (Å²) in [5.74, 6) is 0. The average molecular weight is 233 g/mol. The smallest absolute Gasteiger partial charge is 0.189 e. The van der Waals surface area contributed by atoms with Crippen LogP contribution >= 0.6 is 0 Å². The summed E-state index contributed by atoms with van der Waals surface area (Å²) in [4.78, 5) is 11.7. The van der Waals surface area contributed by atoms with Crippen molar-refractivity contribution in [3.05, 3.63) is 46.8 Å². The van der Waals surface area contributed by atoms with Gasteiger partial charge in [-0.15, -0.1) is 0 Å². The third-order valence-corrected chi connectivity index (χ3v) is 2.76. The van der Waals surface area contributed by atoms with Crippen molar-refractivity contribution in [2.45, 2.75) is 12.8 Å². The third kappa shape index (κ3) is 2.38. The summed E-state index contributed by atoms with van der Waals surface area (Å²) in [6.07, 6.45) is 1.44. The van der Waals surface area contributed by atoms with Crippen LogP contribution in [-0.2, 0) is 16.0 Å². The summed E-state index contributed by atoms with van der Waals surface area (Å²) in [7, 11) is 3.19. The zero-order valence-electron chi connectivity index (χ0n) is 9.92. The normalized spacial score (nSPS) is 11.2. The number of ether oxygens (including phenoxy) is 2.